The highest BCUT2D eigenvalue weighted by Gasteiger charge is 2.46. The van der Waals surface area contributed by atoms with Crippen molar-refractivity contribution in [2.75, 3.05) is 0 Å². The lowest BCUT2D eigenvalue weighted by atomic mass is 9.69. The zero-order chi connectivity index (χ0) is 25.7. The third-order valence-electron chi connectivity index (χ3n) is 6.30. The van der Waals surface area contributed by atoms with E-state index in [0.29, 0.717) is 26.8 Å². The molecule has 4 aromatic rings. The highest BCUT2D eigenvalue weighted by atomic mass is 19.4. The SMILES string of the molecule is O=C(O)NC1(c2ccc(-c3oc4ncn(CC(F)(F)F)c(=O)c4c3-c3ccccc3)cc2)CC(O)C1. The third kappa shape index (κ3) is 4.22. The van der Waals surface area contributed by atoms with Crippen LogP contribution in [0.2, 0.25) is 0 Å². The molecule has 1 saturated carbocycles. The van der Waals surface area contributed by atoms with Crippen LogP contribution >= 0.6 is 0 Å². The average Bonchev–Trinajstić information content (AvgIpc) is 3.20. The number of carbonyl (C=O) groups is 1. The summed E-state index contributed by atoms with van der Waals surface area (Å²) in [6.07, 6.45) is -5.18. The predicted molar refractivity (Wildman–Crippen MR) is 123 cm³/mol. The Bertz CT molecular complexity index is 1490. The number of aliphatic hydroxyl groups is 1. The minimum Gasteiger partial charge on any atom is -0.465 e. The van der Waals surface area contributed by atoms with Gasteiger partial charge in [0, 0.05) is 24.0 Å². The number of carboxylic acid groups (broad SMARTS) is 1. The van der Waals surface area contributed by atoms with Crippen LogP contribution in [0.4, 0.5) is 18.0 Å². The lowest BCUT2D eigenvalue weighted by Crippen LogP contribution is -2.56. The van der Waals surface area contributed by atoms with Crippen LogP contribution < -0.4 is 10.9 Å². The standard InChI is InChI=1S/C25H20F3N3O5/c26-25(27,28)12-31-13-29-21-19(22(31)33)18(14-4-2-1-3-5-14)20(36-21)15-6-8-16(9-7-15)24(30-23(34)35)10-17(32)11-24/h1-9,13,17,30,32H,10-12H2,(H,34,35). The Balaban J connectivity index is 1.65. The molecule has 2 aromatic carbocycles. The lowest BCUT2D eigenvalue weighted by molar-refractivity contribution is -0.141. The molecule has 1 amide bonds. The van der Waals surface area contributed by atoms with Crippen molar-refractivity contribution in [3.05, 3.63) is 76.8 Å². The number of aromatic nitrogens is 2. The van der Waals surface area contributed by atoms with Gasteiger partial charge < -0.3 is 19.9 Å². The minimum atomic E-state index is -4.61. The molecule has 1 aliphatic rings. The molecule has 36 heavy (non-hydrogen) atoms. The third-order valence-corrected chi connectivity index (χ3v) is 6.30. The van der Waals surface area contributed by atoms with Crippen LogP contribution in [0.15, 0.2) is 70.1 Å². The Morgan fingerprint density at radius 2 is 1.78 bits per heavy atom. The fraction of sp³-hybridized carbons (Fsp3) is 0.240. The molecule has 0 radical (unpaired) electrons. The molecule has 11 heteroatoms. The van der Waals surface area contributed by atoms with E-state index >= 15 is 0 Å². The fourth-order valence-corrected chi connectivity index (χ4v) is 4.72. The van der Waals surface area contributed by atoms with Gasteiger partial charge in [-0.1, -0.05) is 54.6 Å². The van der Waals surface area contributed by atoms with Crippen LogP contribution in [0, 0.1) is 0 Å². The second kappa shape index (κ2) is 8.52. The van der Waals surface area contributed by atoms with Crippen molar-refractivity contribution in [2.45, 2.75) is 37.2 Å². The smallest absolute Gasteiger partial charge is 0.406 e. The van der Waals surface area contributed by atoms with Crippen molar-refractivity contribution in [3.8, 4) is 22.5 Å². The summed E-state index contributed by atoms with van der Waals surface area (Å²) >= 11 is 0. The van der Waals surface area contributed by atoms with Crippen LogP contribution in [0.3, 0.4) is 0 Å². The van der Waals surface area contributed by atoms with E-state index < -0.39 is 36.0 Å². The van der Waals surface area contributed by atoms with Crippen LogP contribution in [0.5, 0.6) is 0 Å². The van der Waals surface area contributed by atoms with E-state index in [0.717, 1.165) is 6.33 Å². The molecule has 0 spiro atoms. The normalized spacial score (nSPS) is 19.7. The number of nitrogens with one attached hydrogen (secondary N) is 1. The van der Waals surface area contributed by atoms with Gasteiger partial charge in [-0.3, -0.25) is 9.36 Å². The van der Waals surface area contributed by atoms with Crippen molar-refractivity contribution in [1.82, 2.24) is 14.9 Å². The van der Waals surface area contributed by atoms with Crippen LogP contribution in [-0.2, 0) is 12.1 Å². The maximum atomic E-state index is 13.1. The zero-order valence-electron chi connectivity index (χ0n) is 18.6. The van der Waals surface area contributed by atoms with Crippen molar-refractivity contribution < 1.29 is 32.6 Å². The number of halogens is 3. The number of benzene rings is 2. The second-order valence-corrected chi connectivity index (χ2v) is 8.80. The van der Waals surface area contributed by atoms with Crippen molar-refractivity contribution in [3.63, 3.8) is 0 Å². The van der Waals surface area contributed by atoms with Gasteiger partial charge in [0.15, 0.2) is 0 Å². The number of alkyl halides is 3. The Labute approximate surface area is 201 Å². The summed E-state index contributed by atoms with van der Waals surface area (Å²) in [4.78, 5) is 28.4. The first-order valence-corrected chi connectivity index (χ1v) is 11.0. The second-order valence-electron chi connectivity index (χ2n) is 8.80. The van der Waals surface area contributed by atoms with Gasteiger partial charge in [0.2, 0.25) is 5.71 Å². The highest BCUT2D eigenvalue weighted by molar-refractivity contribution is 5.99. The van der Waals surface area contributed by atoms with Crippen molar-refractivity contribution in [1.29, 1.82) is 0 Å². The summed E-state index contributed by atoms with van der Waals surface area (Å²) in [5, 5.41) is 21.4. The molecule has 186 valence electrons. The van der Waals surface area contributed by atoms with Crippen LogP contribution in [-0.4, -0.2) is 38.1 Å². The molecule has 0 aliphatic heterocycles. The van der Waals surface area contributed by atoms with E-state index in [4.69, 9.17) is 4.42 Å². The largest absolute Gasteiger partial charge is 0.465 e. The molecular weight excluding hydrogens is 479 g/mol. The summed E-state index contributed by atoms with van der Waals surface area (Å²) in [7, 11) is 0. The monoisotopic (exact) mass is 499 g/mol. The van der Waals surface area contributed by atoms with E-state index in [1.165, 1.54) is 0 Å². The van der Waals surface area contributed by atoms with E-state index in [-0.39, 0.29) is 29.7 Å². The zero-order valence-corrected chi connectivity index (χ0v) is 18.6. The van der Waals surface area contributed by atoms with Crippen molar-refractivity contribution in [2.24, 2.45) is 0 Å². The highest BCUT2D eigenvalue weighted by Crippen LogP contribution is 2.43. The number of hydrogen-bond acceptors (Lipinski definition) is 5. The van der Waals surface area contributed by atoms with Gasteiger partial charge in [0.1, 0.15) is 24.0 Å². The van der Waals surface area contributed by atoms with E-state index in [1.807, 2.05) is 0 Å². The lowest BCUT2D eigenvalue weighted by Gasteiger charge is -2.45. The number of aliphatic hydroxyl groups excluding tert-OH is 1. The summed E-state index contributed by atoms with van der Waals surface area (Å²) in [6, 6.07) is 15.4. The minimum absolute atomic E-state index is 0.0712. The maximum Gasteiger partial charge on any atom is 0.406 e. The van der Waals surface area contributed by atoms with Gasteiger partial charge in [-0.2, -0.15) is 13.2 Å². The molecule has 0 saturated heterocycles. The van der Waals surface area contributed by atoms with Crippen molar-refractivity contribution >= 4 is 17.2 Å². The van der Waals surface area contributed by atoms with Crippen LogP contribution in [0.1, 0.15) is 18.4 Å². The summed E-state index contributed by atoms with van der Waals surface area (Å²) in [6.45, 7) is -1.48. The van der Waals surface area contributed by atoms with E-state index in [2.05, 4.69) is 10.3 Å². The summed E-state index contributed by atoms with van der Waals surface area (Å²) < 4.78 is 45.5. The first-order valence-electron chi connectivity index (χ1n) is 11.0. The summed E-state index contributed by atoms with van der Waals surface area (Å²) in [5.74, 6) is 0.242. The number of nitrogens with zero attached hydrogens (tertiary/aromatic N) is 2. The predicted octanol–water partition coefficient (Wildman–Crippen LogP) is 4.50. The molecule has 0 bridgehead atoms. The first kappa shape index (κ1) is 23.6. The summed E-state index contributed by atoms with van der Waals surface area (Å²) in [5.41, 5.74) is 0.130. The molecule has 0 unspecified atom stereocenters. The van der Waals surface area contributed by atoms with Gasteiger partial charge in [-0.05, 0) is 11.1 Å². The molecule has 3 N–H and O–H groups in total. The van der Waals surface area contributed by atoms with Gasteiger partial charge in [-0.15, -0.1) is 0 Å². The topological polar surface area (TPSA) is 118 Å². The number of rotatable bonds is 5. The maximum absolute atomic E-state index is 13.1. The molecular formula is C25H20F3N3O5. The average molecular weight is 499 g/mol. The number of amides is 1. The van der Waals surface area contributed by atoms with Gasteiger partial charge in [-0.25, -0.2) is 9.78 Å². The molecule has 1 aliphatic carbocycles. The molecule has 1 fully saturated rings. The Kier molecular flexibility index (Phi) is 5.59. The fourth-order valence-electron chi connectivity index (χ4n) is 4.72. The van der Waals surface area contributed by atoms with E-state index in [1.54, 1.807) is 54.6 Å². The van der Waals surface area contributed by atoms with Crippen LogP contribution in [0.25, 0.3) is 33.6 Å². The number of hydrogen-bond donors (Lipinski definition) is 3. The van der Waals surface area contributed by atoms with Gasteiger partial charge in [0.05, 0.1) is 11.6 Å². The van der Waals surface area contributed by atoms with Gasteiger partial charge >= 0.3 is 12.3 Å². The molecule has 5 rings (SSSR count). The Morgan fingerprint density at radius 3 is 2.36 bits per heavy atom. The number of furan rings is 1. The van der Waals surface area contributed by atoms with E-state index in [9.17, 15) is 33.0 Å². The molecule has 0 atom stereocenters. The molecule has 2 aromatic heterocycles. The molecule has 8 nitrogen and oxygen atoms in total. The van der Waals surface area contributed by atoms with Gasteiger partial charge in [0.25, 0.3) is 5.56 Å². The number of fused-ring (bicyclic) bond motifs is 1. The first-order chi connectivity index (χ1) is 17.1. The quantitative estimate of drug-likeness (QED) is 0.372. The Morgan fingerprint density at radius 1 is 1.11 bits per heavy atom. The molecule has 2 heterocycles. The Hall–Kier alpha value is -4.12.